The molecule has 1 fully saturated rings. The Morgan fingerprint density at radius 1 is 1.23 bits per heavy atom. The van der Waals surface area contributed by atoms with E-state index in [1.165, 1.54) is 22.8 Å². The standard InChI is InChI=1S/C21H24ClN3O5S/c1-15(16-4-6-18(22)7-5-16)24-20(26)14-30-21(27)17-8-11-25(12-9-17)31(28,29)19-3-2-10-23-13-19/h2-7,10,13,15,17H,8-9,11-12,14H2,1H3,(H,24,26). The molecule has 1 saturated heterocycles. The Kier molecular flexibility index (Phi) is 7.64. The third-order valence-corrected chi connectivity index (χ3v) is 7.29. The van der Waals surface area contributed by atoms with Crippen LogP contribution in [-0.4, -0.2) is 49.3 Å². The average Bonchev–Trinajstić information content (AvgIpc) is 2.78. The molecule has 1 amide bonds. The lowest BCUT2D eigenvalue weighted by Crippen LogP contribution is -2.41. The topological polar surface area (TPSA) is 106 Å². The van der Waals surface area contributed by atoms with Gasteiger partial charge in [0.2, 0.25) is 10.0 Å². The molecule has 0 radical (unpaired) electrons. The van der Waals surface area contributed by atoms with Gasteiger partial charge in [-0.1, -0.05) is 23.7 Å². The molecule has 1 aromatic heterocycles. The number of esters is 1. The van der Waals surface area contributed by atoms with Gasteiger partial charge in [-0.25, -0.2) is 8.42 Å². The number of aromatic nitrogens is 1. The fourth-order valence-electron chi connectivity index (χ4n) is 3.35. The van der Waals surface area contributed by atoms with Crippen molar-refractivity contribution >= 4 is 33.5 Å². The molecule has 1 aromatic carbocycles. The van der Waals surface area contributed by atoms with Crippen LogP contribution in [0.5, 0.6) is 0 Å². The molecule has 10 heteroatoms. The summed E-state index contributed by atoms with van der Waals surface area (Å²) in [6.45, 7) is 1.85. The zero-order valence-corrected chi connectivity index (χ0v) is 18.6. The lowest BCUT2D eigenvalue weighted by Gasteiger charge is -2.30. The Bertz CT molecular complexity index is 1010. The Morgan fingerprint density at radius 2 is 1.90 bits per heavy atom. The van der Waals surface area contributed by atoms with E-state index in [0.29, 0.717) is 17.9 Å². The highest BCUT2D eigenvalue weighted by atomic mass is 35.5. The minimum Gasteiger partial charge on any atom is -0.455 e. The number of piperidine rings is 1. The Labute approximate surface area is 186 Å². The molecule has 2 heterocycles. The van der Waals surface area contributed by atoms with E-state index in [1.807, 2.05) is 19.1 Å². The summed E-state index contributed by atoms with van der Waals surface area (Å²) in [4.78, 5) is 28.4. The normalized spacial score (nSPS) is 16.5. The van der Waals surface area contributed by atoms with Crippen LogP contribution in [0.15, 0.2) is 53.7 Å². The lowest BCUT2D eigenvalue weighted by molar-refractivity contribution is -0.153. The molecule has 3 rings (SSSR count). The summed E-state index contributed by atoms with van der Waals surface area (Å²) in [6.07, 6.45) is 3.48. The highest BCUT2D eigenvalue weighted by Gasteiger charge is 2.33. The largest absolute Gasteiger partial charge is 0.455 e. The lowest BCUT2D eigenvalue weighted by atomic mass is 9.98. The van der Waals surface area contributed by atoms with E-state index >= 15 is 0 Å². The van der Waals surface area contributed by atoms with Crippen molar-refractivity contribution in [2.75, 3.05) is 19.7 Å². The molecule has 0 aliphatic carbocycles. The fourth-order valence-corrected chi connectivity index (χ4v) is 4.91. The summed E-state index contributed by atoms with van der Waals surface area (Å²) in [5.74, 6) is -1.35. The minimum absolute atomic E-state index is 0.127. The molecule has 1 aliphatic heterocycles. The highest BCUT2D eigenvalue weighted by molar-refractivity contribution is 7.89. The molecular weight excluding hydrogens is 442 g/mol. The molecule has 31 heavy (non-hydrogen) atoms. The van der Waals surface area contributed by atoms with Crippen LogP contribution in [0.4, 0.5) is 0 Å². The van der Waals surface area contributed by atoms with Crippen molar-refractivity contribution in [2.24, 2.45) is 5.92 Å². The number of nitrogens with zero attached hydrogens (tertiary/aromatic N) is 2. The van der Waals surface area contributed by atoms with Crippen molar-refractivity contribution in [3.63, 3.8) is 0 Å². The molecule has 1 unspecified atom stereocenters. The number of hydrogen-bond donors (Lipinski definition) is 1. The number of carbonyl (C=O) groups excluding carboxylic acids is 2. The first-order valence-corrected chi connectivity index (χ1v) is 11.7. The first-order chi connectivity index (χ1) is 14.8. The molecule has 0 bridgehead atoms. The Balaban J connectivity index is 1.44. The summed E-state index contributed by atoms with van der Waals surface area (Å²) < 4.78 is 31.7. The van der Waals surface area contributed by atoms with Gasteiger partial charge in [-0.3, -0.25) is 14.6 Å². The number of pyridine rings is 1. The monoisotopic (exact) mass is 465 g/mol. The third kappa shape index (κ3) is 6.03. The van der Waals surface area contributed by atoms with Crippen LogP contribution in [-0.2, 0) is 24.3 Å². The summed E-state index contributed by atoms with van der Waals surface area (Å²) in [5.41, 5.74) is 0.881. The number of sulfonamides is 1. The molecular formula is C21H24ClN3O5S. The second kappa shape index (κ2) is 10.2. The minimum atomic E-state index is -3.63. The fraction of sp³-hybridized carbons (Fsp3) is 0.381. The maximum Gasteiger partial charge on any atom is 0.309 e. The van der Waals surface area contributed by atoms with Crippen molar-refractivity contribution < 1.29 is 22.7 Å². The first-order valence-electron chi connectivity index (χ1n) is 9.89. The molecule has 0 saturated carbocycles. The number of carbonyl (C=O) groups is 2. The van der Waals surface area contributed by atoms with Crippen LogP contribution in [0.1, 0.15) is 31.4 Å². The second-order valence-electron chi connectivity index (χ2n) is 7.32. The average molecular weight is 466 g/mol. The van der Waals surface area contributed by atoms with E-state index in [4.69, 9.17) is 16.3 Å². The van der Waals surface area contributed by atoms with Crippen LogP contribution in [0.2, 0.25) is 5.02 Å². The van der Waals surface area contributed by atoms with E-state index in [0.717, 1.165) is 5.56 Å². The molecule has 0 spiro atoms. The van der Waals surface area contributed by atoms with Crippen molar-refractivity contribution in [2.45, 2.75) is 30.7 Å². The zero-order valence-electron chi connectivity index (χ0n) is 17.0. The van der Waals surface area contributed by atoms with Crippen molar-refractivity contribution in [1.82, 2.24) is 14.6 Å². The van der Waals surface area contributed by atoms with Crippen LogP contribution in [0, 0.1) is 5.92 Å². The van der Waals surface area contributed by atoms with Gasteiger partial charge in [0.15, 0.2) is 6.61 Å². The first kappa shape index (κ1) is 23.2. The van der Waals surface area contributed by atoms with E-state index in [9.17, 15) is 18.0 Å². The van der Waals surface area contributed by atoms with Gasteiger partial charge < -0.3 is 10.1 Å². The number of amides is 1. The summed E-state index contributed by atoms with van der Waals surface area (Å²) in [6, 6.07) is 9.90. The predicted octanol–water partition coefficient (Wildman–Crippen LogP) is 2.56. The SMILES string of the molecule is CC(NC(=O)COC(=O)C1CCN(S(=O)(=O)c2cccnc2)CC1)c1ccc(Cl)cc1. The molecule has 1 atom stereocenters. The van der Waals surface area contributed by atoms with E-state index in [2.05, 4.69) is 10.3 Å². The summed E-state index contributed by atoms with van der Waals surface area (Å²) >= 11 is 5.86. The summed E-state index contributed by atoms with van der Waals surface area (Å²) in [7, 11) is -3.63. The van der Waals surface area contributed by atoms with Gasteiger partial charge in [-0.05, 0) is 49.6 Å². The Morgan fingerprint density at radius 3 is 2.52 bits per heavy atom. The maximum atomic E-state index is 12.6. The Hall–Kier alpha value is -2.49. The molecule has 8 nitrogen and oxygen atoms in total. The number of benzene rings is 1. The van der Waals surface area contributed by atoms with Gasteiger partial charge in [-0.15, -0.1) is 0 Å². The molecule has 1 N–H and O–H groups in total. The smallest absolute Gasteiger partial charge is 0.309 e. The number of hydrogen-bond acceptors (Lipinski definition) is 6. The maximum absolute atomic E-state index is 12.6. The van der Waals surface area contributed by atoms with Gasteiger partial charge in [0.1, 0.15) is 4.90 Å². The zero-order chi connectivity index (χ0) is 22.4. The van der Waals surface area contributed by atoms with Crippen LogP contribution in [0.25, 0.3) is 0 Å². The van der Waals surface area contributed by atoms with Crippen molar-refractivity contribution in [3.8, 4) is 0 Å². The van der Waals surface area contributed by atoms with Gasteiger partial charge in [0, 0.05) is 30.5 Å². The van der Waals surface area contributed by atoms with Gasteiger partial charge in [0.25, 0.3) is 5.91 Å². The predicted molar refractivity (Wildman–Crippen MR) is 115 cm³/mol. The van der Waals surface area contributed by atoms with Crippen LogP contribution < -0.4 is 5.32 Å². The van der Waals surface area contributed by atoms with Gasteiger partial charge >= 0.3 is 5.97 Å². The van der Waals surface area contributed by atoms with E-state index < -0.39 is 27.8 Å². The quantitative estimate of drug-likeness (QED) is 0.630. The van der Waals surface area contributed by atoms with Crippen molar-refractivity contribution in [1.29, 1.82) is 0 Å². The van der Waals surface area contributed by atoms with Gasteiger partial charge in [-0.2, -0.15) is 4.31 Å². The van der Waals surface area contributed by atoms with Crippen molar-refractivity contribution in [3.05, 3.63) is 59.4 Å². The van der Waals surface area contributed by atoms with Gasteiger partial charge in [0.05, 0.1) is 12.0 Å². The highest BCUT2D eigenvalue weighted by Crippen LogP contribution is 2.24. The number of rotatable bonds is 7. The second-order valence-corrected chi connectivity index (χ2v) is 9.69. The molecule has 2 aromatic rings. The summed E-state index contributed by atoms with van der Waals surface area (Å²) in [5, 5.41) is 3.37. The van der Waals surface area contributed by atoms with E-state index in [1.54, 1.807) is 18.2 Å². The molecule has 166 valence electrons. The van der Waals surface area contributed by atoms with Crippen LogP contribution >= 0.6 is 11.6 Å². The third-order valence-electron chi connectivity index (χ3n) is 5.15. The molecule has 1 aliphatic rings. The van der Waals surface area contributed by atoms with E-state index in [-0.39, 0.29) is 30.6 Å². The number of halogens is 1. The number of nitrogens with one attached hydrogen (secondary N) is 1. The van der Waals surface area contributed by atoms with Crippen LogP contribution in [0.3, 0.4) is 0 Å². The number of ether oxygens (including phenoxy) is 1.